The zero-order valence-corrected chi connectivity index (χ0v) is 17.0. The number of carbonyl (C=O) groups is 1. The Morgan fingerprint density at radius 2 is 1.71 bits per heavy atom. The number of benzene rings is 2. The maximum Gasteiger partial charge on any atom is 0.319 e. The Labute approximate surface area is 167 Å². The van der Waals surface area contributed by atoms with Crippen molar-refractivity contribution in [3.05, 3.63) is 53.6 Å². The van der Waals surface area contributed by atoms with Gasteiger partial charge in [-0.25, -0.2) is 4.79 Å². The average Bonchev–Trinajstić information content (AvgIpc) is 2.69. The summed E-state index contributed by atoms with van der Waals surface area (Å²) in [6.07, 6.45) is 0. The lowest BCUT2D eigenvalue weighted by atomic mass is 10.1. The van der Waals surface area contributed by atoms with Gasteiger partial charge in [-0.3, -0.25) is 0 Å². The third-order valence-corrected chi connectivity index (χ3v) is 5.13. The first-order valence-electron chi connectivity index (χ1n) is 9.80. The Hall–Kier alpha value is -2.73. The fourth-order valence-corrected chi connectivity index (χ4v) is 3.13. The van der Waals surface area contributed by atoms with Gasteiger partial charge >= 0.3 is 6.03 Å². The topological polar surface area (TPSA) is 56.8 Å². The minimum atomic E-state index is -0.226. The SMILES string of the molecule is Cc1ccc(OCCNC(=O)Nc2ccc(N3CCN(C)CC3)cc2)cc1C. The number of rotatable bonds is 6. The van der Waals surface area contributed by atoms with Crippen molar-refractivity contribution in [1.82, 2.24) is 10.2 Å². The molecule has 3 rings (SSSR count). The van der Waals surface area contributed by atoms with E-state index in [1.165, 1.54) is 16.8 Å². The standard InChI is InChI=1S/C22H30N4O2/c1-17-4-9-21(16-18(17)2)28-15-10-23-22(27)24-19-5-7-20(8-6-19)26-13-11-25(3)12-14-26/h4-9,16H,10-15H2,1-3H3,(H2,23,24,27). The monoisotopic (exact) mass is 382 g/mol. The highest BCUT2D eigenvalue weighted by Crippen LogP contribution is 2.19. The van der Waals surface area contributed by atoms with Gasteiger partial charge in [0.05, 0.1) is 6.54 Å². The van der Waals surface area contributed by atoms with Gasteiger partial charge in [0.1, 0.15) is 12.4 Å². The van der Waals surface area contributed by atoms with Crippen LogP contribution in [0, 0.1) is 13.8 Å². The lowest BCUT2D eigenvalue weighted by Crippen LogP contribution is -2.44. The van der Waals surface area contributed by atoms with Gasteiger partial charge in [0.15, 0.2) is 0 Å². The van der Waals surface area contributed by atoms with Gasteiger partial charge in [-0.05, 0) is 68.4 Å². The van der Waals surface area contributed by atoms with Gasteiger partial charge in [-0.15, -0.1) is 0 Å². The van der Waals surface area contributed by atoms with Crippen LogP contribution in [0.5, 0.6) is 5.75 Å². The first-order valence-corrected chi connectivity index (χ1v) is 9.80. The summed E-state index contributed by atoms with van der Waals surface area (Å²) in [4.78, 5) is 16.8. The van der Waals surface area contributed by atoms with E-state index >= 15 is 0 Å². The molecule has 0 atom stereocenters. The first kappa shape index (κ1) is 20.0. The molecule has 150 valence electrons. The van der Waals surface area contributed by atoms with E-state index in [4.69, 9.17) is 4.74 Å². The molecule has 1 aliphatic rings. The molecule has 1 aliphatic heterocycles. The van der Waals surface area contributed by atoms with Gasteiger partial charge in [-0.1, -0.05) is 6.07 Å². The summed E-state index contributed by atoms with van der Waals surface area (Å²) in [7, 11) is 2.15. The van der Waals surface area contributed by atoms with Crippen molar-refractivity contribution < 1.29 is 9.53 Å². The molecule has 2 N–H and O–H groups in total. The number of amides is 2. The highest BCUT2D eigenvalue weighted by atomic mass is 16.5. The molecule has 1 fully saturated rings. The Bertz CT molecular complexity index is 784. The van der Waals surface area contributed by atoms with Crippen LogP contribution < -0.4 is 20.3 Å². The Kier molecular flexibility index (Phi) is 6.76. The second-order valence-electron chi connectivity index (χ2n) is 7.31. The van der Waals surface area contributed by atoms with E-state index in [1.54, 1.807) is 0 Å². The number of anilines is 2. The van der Waals surface area contributed by atoms with Gasteiger partial charge in [0.2, 0.25) is 0 Å². The summed E-state index contributed by atoms with van der Waals surface area (Å²) in [6.45, 7) is 9.22. The molecule has 6 nitrogen and oxygen atoms in total. The molecule has 1 saturated heterocycles. The van der Waals surface area contributed by atoms with Gasteiger partial charge in [0, 0.05) is 37.6 Å². The highest BCUT2D eigenvalue weighted by Gasteiger charge is 2.14. The van der Waals surface area contributed by atoms with E-state index in [0.717, 1.165) is 37.6 Å². The molecule has 6 heteroatoms. The fourth-order valence-electron chi connectivity index (χ4n) is 3.13. The number of urea groups is 1. The maximum atomic E-state index is 12.1. The van der Waals surface area contributed by atoms with Crippen molar-refractivity contribution in [2.75, 3.05) is 56.6 Å². The number of nitrogens with zero attached hydrogens (tertiary/aromatic N) is 2. The molecule has 0 saturated carbocycles. The van der Waals surface area contributed by atoms with Gasteiger partial charge in [0.25, 0.3) is 0 Å². The Morgan fingerprint density at radius 3 is 2.39 bits per heavy atom. The van der Waals surface area contributed by atoms with Crippen LogP contribution in [0.25, 0.3) is 0 Å². The Balaban J connectivity index is 1.39. The van der Waals surface area contributed by atoms with Crippen molar-refractivity contribution in [3.63, 3.8) is 0 Å². The summed E-state index contributed by atoms with van der Waals surface area (Å²) in [5.41, 5.74) is 4.41. The maximum absolute atomic E-state index is 12.1. The number of hydrogen-bond acceptors (Lipinski definition) is 4. The van der Waals surface area contributed by atoms with Crippen molar-refractivity contribution >= 4 is 17.4 Å². The molecule has 28 heavy (non-hydrogen) atoms. The van der Waals surface area contributed by atoms with E-state index in [9.17, 15) is 4.79 Å². The summed E-state index contributed by atoms with van der Waals surface area (Å²) in [5.74, 6) is 0.824. The zero-order chi connectivity index (χ0) is 19.9. The average molecular weight is 383 g/mol. The predicted molar refractivity (Wildman–Crippen MR) is 115 cm³/mol. The molecule has 0 spiro atoms. The fraction of sp³-hybridized carbons (Fsp3) is 0.409. The van der Waals surface area contributed by atoms with E-state index < -0.39 is 0 Å². The molecule has 0 unspecified atom stereocenters. The molecular weight excluding hydrogens is 352 g/mol. The number of piperazine rings is 1. The number of nitrogens with one attached hydrogen (secondary N) is 2. The minimum absolute atomic E-state index is 0.226. The van der Waals surface area contributed by atoms with E-state index in [0.29, 0.717) is 13.2 Å². The van der Waals surface area contributed by atoms with Gasteiger partial charge < -0.3 is 25.2 Å². The molecule has 0 bridgehead atoms. The summed E-state index contributed by atoms with van der Waals surface area (Å²) in [5, 5.41) is 5.68. The molecule has 2 amide bonds. The smallest absolute Gasteiger partial charge is 0.319 e. The number of carbonyl (C=O) groups excluding carboxylic acids is 1. The normalized spacial score (nSPS) is 14.6. The lowest BCUT2D eigenvalue weighted by molar-refractivity contribution is 0.247. The lowest BCUT2D eigenvalue weighted by Gasteiger charge is -2.34. The van der Waals surface area contributed by atoms with E-state index in [-0.39, 0.29) is 6.03 Å². The number of hydrogen-bond donors (Lipinski definition) is 2. The molecule has 0 radical (unpaired) electrons. The van der Waals surface area contributed by atoms with Crippen LogP contribution in [0.1, 0.15) is 11.1 Å². The van der Waals surface area contributed by atoms with Gasteiger partial charge in [-0.2, -0.15) is 0 Å². The third kappa shape index (κ3) is 5.63. The number of aryl methyl sites for hydroxylation is 2. The highest BCUT2D eigenvalue weighted by molar-refractivity contribution is 5.89. The van der Waals surface area contributed by atoms with Crippen LogP contribution in [0.15, 0.2) is 42.5 Å². The molecule has 2 aromatic carbocycles. The van der Waals surface area contributed by atoms with Crippen LogP contribution in [0.4, 0.5) is 16.2 Å². The van der Waals surface area contributed by atoms with Crippen LogP contribution in [0.3, 0.4) is 0 Å². The molecule has 0 aliphatic carbocycles. The van der Waals surface area contributed by atoms with Crippen molar-refractivity contribution in [1.29, 1.82) is 0 Å². The van der Waals surface area contributed by atoms with E-state index in [2.05, 4.69) is 53.5 Å². The number of ether oxygens (including phenoxy) is 1. The third-order valence-electron chi connectivity index (χ3n) is 5.13. The first-order chi connectivity index (χ1) is 13.5. The van der Waals surface area contributed by atoms with Crippen molar-refractivity contribution in [2.24, 2.45) is 0 Å². The van der Waals surface area contributed by atoms with Crippen LogP contribution >= 0.6 is 0 Å². The second-order valence-corrected chi connectivity index (χ2v) is 7.31. The van der Waals surface area contributed by atoms with Crippen molar-refractivity contribution in [2.45, 2.75) is 13.8 Å². The Morgan fingerprint density at radius 1 is 1.00 bits per heavy atom. The predicted octanol–water partition coefficient (Wildman–Crippen LogP) is 3.26. The molecule has 2 aromatic rings. The second kappa shape index (κ2) is 9.46. The van der Waals surface area contributed by atoms with E-state index in [1.807, 2.05) is 30.3 Å². The molecular formula is C22H30N4O2. The molecule has 0 aromatic heterocycles. The summed E-state index contributed by atoms with van der Waals surface area (Å²) in [6, 6.07) is 13.8. The van der Waals surface area contributed by atoms with Crippen LogP contribution in [-0.4, -0.2) is 57.3 Å². The van der Waals surface area contributed by atoms with Crippen LogP contribution in [-0.2, 0) is 0 Å². The van der Waals surface area contributed by atoms with Crippen LogP contribution in [0.2, 0.25) is 0 Å². The van der Waals surface area contributed by atoms with Crippen molar-refractivity contribution in [3.8, 4) is 5.75 Å². The summed E-state index contributed by atoms with van der Waals surface area (Å²) >= 11 is 0. The largest absolute Gasteiger partial charge is 0.492 e. The number of likely N-dealkylation sites (N-methyl/N-ethyl adjacent to an activating group) is 1. The minimum Gasteiger partial charge on any atom is -0.492 e. The molecule has 1 heterocycles. The zero-order valence-electron chi connectivity index (χ0n) is 17.0. The summed E-state index contributed by atoms with van der Waals surface area (Å²) < 4.78 is 5.68. The quantitative estimate of drug-likeness (QED) is 0.753.